The fourth-order valence-electron chi connectivity index (χ4n) is 2.82. The van der Waals surface area contributed by atoms with Crippen molar-refractivity contribution in [3.8, 4) is 0 Å². The van der Waals surface area contributed by atoms with E-state index in [0.29, 0.717) is 11.3 Å². The molecule has 0 aromatic carbocycles. The average molecular weight is 290 g/mol. The normalized spacial score (nSPS) is 33.2. The molecule has 2 heterocycles. The number of rotatable bonds is 1. The molecule has 3 nitrogen and oxygen atoms in total. The summed E-state index contributed by atoms with van der Waals surface area (Å²) in [6.45, 7) is 7.47. The molecule has 0 unspecified atom stereocenters. The second kappa shape index (κ2) is 3.90. The molecule has 4 heteroatoms. The van der Waals surface area contributed by atoms with Gasteiger partial charge >= 0.3 is 6.09 Å². The molecule has 0 aromatic rings. The van der Waals surface area contributed by atoms with E-state index in [1.807, 2.05) is 25.7 Å². The maximum atomic E-state index is 11.9. The number of halogens is 1. The van der Waals surface area contributed by atoms with Gasteiger partial charge in [0.05, 0.1) is 0 Å². The molecule has 1 aliphatic carbocycles. The van der Waals surface area contributed by atoms with E-state index in [4.69, 9.17) is 4.74 Å². The molecule has 3 aliphatic rings. The highest BCUT2D eigenvalue weighted by molar-refractivity contribution is 9.09. The number of carbonyl (C=O) groups is 1. The first-order valence-electron chi connectivity index (χ1n) is 5.87. The summed E-state index contributed by atoms with van der Waals surface area (Å²) in [6.07, 6.45) is 2.37. The van der Waals surface area contributed by atoms with Gasteiger partial charge in [-0.25, -0.2) is 4.79 Å². The van der Waals surface area contributed by atoms with Crippen LogP contribution in [0.1, 0.15) is 33.6 Å². The van der Waals surface area contributed by atoms with E-state index in [1.165, 1.54) is 12.8 Å². The summed E-state index contributed by atoms with van der Waals surface area (Å²) in [6, 6.07) is 0. The van der Waals surface area contributed by atoms with Gasteiger partial charge in [-0.3, -0.25) is 0 Å². The monoisotopic (exact) mass is 289 g/mol. The van der Waals surface area contributed by atoms with Crippen LogP contribution in [0.3, 0.4) is 0 Å². The zero-order valence-corrected chi connectivity index (χ0v) is 11.8. The second-order valence-corrected chi connectivity index (χ2v) is 6.83. The van der Waals surface area contributed by atoms with Crippen molar-refractivity contribution >= 4 is 22.0 Å². The highest BCUT2D eigenvalue weighted by atomic mass is 79.9. The van der Waals surface area contributed by atoms with E-state index in [1.54, 1.807) is 0 Å². The van der Waals surface area contributed by atoms with E-state index in [9.17, 15) is 4.79 Å². The molecule has 2 saturated heterocycles. The van der Waals surface area contributed by atoms with Crippen molar-refractivity contribution in [2.45, 2.75) is 39.2 Å². The molecular weight excluding hydrogens is 270 g/mol. The molecule has 3 rings (SSSR count). The topological polar surface area (TPSA) is 29.5 Å². The minimum absolute atomic E-state index is 0.151. The van der Waals surface area contributed by atoms with Crippen molar-refractivity contribution in [3.63, 3.8) is 0 Å². The van der Waals surface area contributed by atoms with Crippen LogP contribution in [-0.4, -0.2) is 35.0 Å². The predicted octanol–water partition coefficient (Wildman–Crippen LogP) is 3.03. The molecule has 0 atom stereocenters. The third kappa shape index (κ3) is 2.36. The van der Waals surface area contributed by atoms with Gasteiger partial charge in [0.1, 0.15) is 5.60 Å². The standard InChI is InChI=1S/C12H20BrNO2/c1-11(2,3)16-10(15)14-6-9-4-12(5-9,7-13)8-14/h9H,4-8H2,1-3H3. The van der Waals surface area contributed by atoms with Gasteiger partial charge in [-0.1, -0.05) is 15.9 Å². The minimum atomic E-state index is -0.389. The zero-order valence-electron chi connectivity index (χ0n) is 10.3. The predicted molar refractivity (Wildman–Crippen MR) is 66.8 cm³/mol. The Labute approximate surface area is 106 Å². The lowest BCUT2D eigenvalue weighted by molar-refractivity contribution is -0.0549. The van der Waals surface area contributed by atoms with Crippen molar-refractivity contribution in [3.05, 3.63) is 0 Å². The highest BCUT2D eigenvalue weighted by Gasteiger charge is 2.50. The Balaban J connectivity index is 1.94. The molecule has 16 heavy (non-hydrogen) atoms. The summed E-state index contributed by atoms with van der Waals surface area (Å²) in [5.74, 6) is 0.693. The van der Waals surface area contributed by atoms with Crippen LogP contribution < -0.4 is 0 Å². The van der Waals surface area contributed by atoms with Gasteiger partial charge in [-0.2, -0.15) is 0 Å². The van der Waals surface area contributed by atoms with Crippen LogP contribution in [0.15, 0.2) is 0 Å². The summed E-state index contributed by atoms with van der Waals surface area (Å²) in [5, 5.41) is 0.996. The lowest BCUT2D eigenvalue weighted by atomic mass is 9.60. The molecule has 2 bridgehead atoms. The summed E-state index contributed by atoms with van der Waals surface area (Å²) in [4.78, 5) is 13.8. The Bertz CT molecular complexity index is 292. The Morgan fingerprint density at radius 2 is 2.12 bits per heavy atom. The van der Waals surface area contributed by atoms with Crippen LogP contribution in [-0.2, 0) is 4.74 Å². The summed E-state index contributed by atoms with van der Waals surface area (Å²) < 4.78 is 5.41. The fourth-order valence-corrected chi connectivity index (χ4v) is 3.46. The van der Waals surface area contributed by atoms with Crippen LogP contribution in [0, 0.1) is 11.3 Å². The Kier molecular flexibility index (Phi) is 2.97. The SMILES string of the molecule is CC(C)(C)OC(=O)N1CC2CC(CBr)(C2)C1. The van der Waals surface area contributed by atoms with E-state index < -0.39 is 0 Å². The van der Waals surface area contributed by atoms with E-state index >= 15 is 0 Å². The highest BCUT2D eigenvalue weighted by Crippen LogP contribution is 2.51. The Morgan fingerprint density at radius 1 is 1.50 bits per heavy atom. The maximum Gasteiger partial charge on any atom is 0.410 e. The van der Waals surface area contributed by atoms with Crippen LogP contribution in [0.2, 0.25) is 0 Å². The molecule has 1 amide bonds. The number of ether oxygens (including phenoxy) is 1. The van der Waals surface area contributed by atoms with Crippen molar-refractivity contribution < 1.29 is 9.53 Å². The van der Waals surface area contributed by atoms with E-state index in [0.717, 1.165) is 18.4 Å². The first kappa shape index (κ1) is 12.2. The van der Waals surface area contributed by atoms with E-state index in [-0.39, 0.29) is 11.7 Å². The first-order valence-corrected chi connectivity index (χ1v) is 7.00. The maximum absolute atomic E-state index is 11.9. The number of fused-ring (bicyclic) bond motifs is 2. The van der Waals surface area contributed by atoms with Crippen LogP contribution >= 0.6 is 15.9 Å². The lowest BCUT2D eigenvalue weighted by Crippen LogP contribution is -2.59. The van der Waals surface area contributed by atoms with Gasteiger partial charge < -0.3 is 9.64 Å². The van der Waals surface area contributed by atoms with Gasteiger partial charge in [-0.05, 0) is 44.9 Å². The number of amides is 1. The number of piperidine rings is 2. The number of carbonyl (C=O) groups excluding carboxylic acids is 1. The van der Waals surface area contributed by atoms with Crippen LogP contribution in [0.5, 0.6) is 0 Å². The lowest BCUT2D eigenvalue weighted by Gasteiger charge is -2.55. The summed E-state index contributed by atoms with van der Waals surface area (Å²) in [7, 11) is 0. The zero-order chi connectivity index (χ0) is 12.0. The van der Waals surface area contributed by atoms with E-state index in [2.05, 4.69) is 15.9 Å². The van der Waals surface area contributed by atoms with Gasteiger partial charge in [0.2, 0.25) is 0 Å². The summed E-state index contributed by atoms with van der Waals surface area (Å²) >= 11 is 3.56. The van der Waals surface area contributed by atoms with Crippen LogP contribution in [0.4, 0.5) is 4.79 Å². The van der Waals surface area contributed by atoms with Gasteiger partial charge in [-0.15, -0.1) is 0 Å². The van der Waals surface area contributed by atoms with Crippen LogP contribution in [0.25, 0.3) is 0 Å². The summed E-state index contributed by atoms with van der Waals surface area (Å²) in [5.41, 5.74) is -0.0554. The third-order valence-corrected chi connectivity index (χ3v) is 4.57. The van der Waals surface area contributed by atoms with Crippen molar-refractivity contribution in [2.24, 2.45) is 11.3 Å². The first-order chi connectivity index (χ1) is 7.34. The van der Waals surface area contributed by atoms with Gasteiger partial charge in [0.25, 0.3) is 0 Å². The van der Waals surface area contributed by atoms with Crippen molar-refractivity contribution in [1.82, 2.24) is 4.90 Å². The quantitative estimate of drug-likeness (QED) is 0.695. The Hall–Kier alpha value is -0.250. The molecule has 0 N–H and O–H groups in total. The van der Waals surface area contributed by atoms with Gasteiger partial charge in [0, 0.05) is 18.4 Å². The number of nitrogens with zero attached hydrogens (tertiary/aromatic N) is 1. The molecule has 0 aromatic heterocycles. The molecule has 2 aliphatic heterocycles. The van der Waals surface area contributed by atoms with Crippen molar-refractivity contribution in [2.75, 3.05) is 18.4 Å². The minimum Gasteiger partial charge on any atom is -0.444 e. The Morgan fingerprint density at radius 3 is 2.62 bits per heavy atom. The molecule has 3 fully saturated rings. The number of hydrogen-bond donors (Lipinski definition) is 0. The second-order valence-electron chi connectivity index (χ2n) is 6.27. The molecule has 0 radical (unpaired) electrons. The average Bonchev–Trinajstić information content (AvgIpc) is 2.14. The van der Waals surface area contributed by atoms with Gasteiger partial charge in [0.15, 0.2) is 0 Å². The fraction of sp³-hybridized carbons (Fsp3) is 0.917. The smallest absolute Gasteiger partial charge is 0.410 e. The largest absolute Gasteiger partial charge is 0.444 e. The molecular formula is C12H20BrNO2. The molecule has 1 saturated carbocycles. The molecule has 92 valence electrons. The third-order valence-electron chi connectivity index (χ3n) is 3.38. The number of alkyl halides is 1. The van der Waals surface area contributed by atoms with Crippen molar-refractivity contribution in [1.29, 1.82) is 0 Å². The number of hydrogen-bond acceptors (Lipinski definition) is 2. The molecule has 0 spiro atoms.